The molecule has 0 saturated heterocycles. The lowest BCUT2D eigenvalue weighted by Gasteiger charge is -2.19. The molecule has 0 spiro atoms. The quantitative estimate of drug-likeness (QED) is 0.757. The average Bonchev–Trinajstić information content (AvgIpc) is 2.66. The van der Waals surface area contributed by atoms with Crippen molar-refractivity contribution >= 4 is 11.6 Å². The molecule has 4 nitrogen and oxygen atoms in total. The van der Waals surface area contributed by atoms with Crippen molar-refractivity contribution in [3.63, 3.8) is 0 Å². The second-order valence-electron chi connectivity index (χ2n) is 5.57. The van der Waals surface area contributed by atoms with E-state index in [-0.39, 0.29) is 11.9 Å². The van der Waals surface area contributed by atoms with Crippen LogP contribution in [0, 0.1) is 0 Å². The Balaban J connectivity index is 1.79. The van der Waals surface area contributed by atoms with Crippen LogP contribution in [-0.2, 0) is 11.2 Å². The largest absolute Gasteiger partial charge is 0.324 e. The highest BCUT2D eigenvalue weighted by Gasteiger charge is 2.22. The van der Waals surface area contributed by atoms with E-state index in [1.165, 1.54) is 5.56 Å². The van der Waals surface area contributed by atoms with E-state index >= 15 is 0 Å². The summed E-state index contributed by atoms with van der Waals surface area (Å²) >= 11 is 0. The summed E-state index contributed by atoms with van der Waals surface area (Å²) in [5, 5.41) is 6.44. The van der Waals surface area contributed by atoms with Crippen LogP contribution >= 0.6 is 0 Å². The van der Waals surface area contributed by atoms with Crippen molar-refractivity contribution in [2.24, 2.45) is 0 Å². The summed E-state index contributed by atoms with van der Waals surface area (Å²) in [6.45, 7) is 8.55. The number of hydrogen-bond donors (Lipinski definition) is 2. The van der Waals surface area contributed by atoms with Crippen LogP contribution in [0.25, 0.3) is 0 Å². The number of para-hydroxylation sites is 1. The molecule has 4 heteroatoms. The van der Waals surface area contributed by atoms with E-state index in [2.05, 4.69) is 35.4 Å². The number of carbonyl (C=O) groups is 1. The monoisotopic (exact) mass is 289 g/mol. The maximum absolute atomic E-state index is 12.2. The van der Waals surface area contributed by atoms with E-state index in [9.17, 15) is 4.79 Å². The number of carbonyl (C=O) groups excluding carboxylic acids is 1. The van der Waals surface area contributed by atoms with Gasteiger partial charge in [-0.1, -0.05) is 32.0 Å². The van der Waals surface area contributed by atoms with Gasteiger partial charge in [0.1, 0.15) is 0 Å². The van der Waals surface area contributed by atoms with Gasteiger partial charge in [-0.25, -0.2) is 0 Å². The van der Waals surface area contributed by atoms with E-state index in [0.29, 0.717) is 0 Å². The molecular formula is C17H27N3O. The van der Waals surface area contributed by atoms with Gasteiger partial charge in [0.15, 0.2) is 0 Å². The van der Waals surface area contributed by atoms with Gasteiger partial charge in [-0.3, -0.25) is 4.79 Å². The molecule has 1 aromatic carbocycles. The zero-order valence-electron chi connectivity index (χ0n) is 13.2. The first-order valence-electron chi connectivity index (χ1n) is 8.09. The first-order chi connectivity index (χ1) is 10.2. The van der Waals surface area contributed by atoms with E-state index in [1.807, 2.05) is 18.2 Å². The van der Waals surface area contributed by atoms with Crippen LogP contribution in [0.5, 0.6) is 0 Å². The van der Waals surface area contributed by atoms with Crippen molar-refractivity contribution in [2.75, 3.05) is 31.5 Å². The van der Waals surface area contributed by atoms with Crippen LogP contribution < -0.4 is 10.6 Å². The molecule has 1 atom stereocenters. The van der Waals surface area contributed by atoms with Gasteiger partial charge in [-0.05, 0) is 57.1 Å². The number of fused-ring (bicyclic) bond motifs is 1. The third kappa shape index (κ3) is 4.55. The summed E-state index contributed by atoms with van der Waals surface area (Å²) < 4.78 is 0. The minimum atomic E-state index is -0.0749. The van der Waals surface area contributed by atoms with Crippen molar-refractivity contribution in [3.8, 4) is 0 Å². The number of aryl methyl sites for hydroxylation is 1. The summed E-state index contributed by atoms with van der Waals surface area (Å²) in [5.41, 5.74) is 2.20. The van der Waals surface area contributed by atoms with Gasteiger partial charge in [0.25, 0.3) is 0 Å². The van der Waals surface area contributed by atoms with Crippen LogP contribution in [0.4, 0.5) is 5.69 Å². The number of nitrogens with zero attached hydrogens (tertiary/aromatic N) is 1. The van der Waals surface area contributed by atoms with E-state index < -0.39 is 0 Å². The normalized spacial score (nSPS) is 18.2. The van der Waals surface area contributed by atoms with Gasteiger partial charge in [-0.2, -0.15) is 0 Å². The van der Waals surface area contributed by atoms with Gasteiger partial charge in [0, 0.05) is 5.69 Å². The molecule has 21 heavy (non-hydrogen) atoms. The lowest BCUT2D eigenvalue weighted by atomic mass is 10.1. The molecule has 0 radical (unpaired) electrons. The van der Waals surface area contributed by atoms with Gasteiger partial charge >= 0.3 is 0 Å². The van der Waals surface area contributed by atoms with Crippen molar-refractivity contribution in [3.05, 3.63) is 29.8 Å². The highest BCUT2D eigenvalue weighted by atomic mass is 16.2. The first-order valence-corrected chi connectivity index (χ1v) is 8.09. The van der Waals surface area contributed by atoms with Crippen LogP contribution in [0.1, 0.15) is 32.3 Å². The number of hydrogen-bond acceptors (Lipinski definition) is 3. The fourth-order valence-corrected chi connectivity index (χ4v) is 2.82. The summed E-state index contributed by atoms with van der Waals surface area (Å²) in [6.07, 6.45) is 2.90. The zero-order chi connectivity index (χ0) is 15.1. The molecule has 1 unspecified atom stereocenters. The number of benzene rings is 1. The number of anilines is 1. The Kier molecular flexibility index (Phi) is 6.21. The molecule has 0 saturated carbocycles. The van der Waals surface area contributed by atoms with Crippen molar-refractivity contribution in [1.82, 2.24) is 10.2 Å². The third-order valence-corrected chi connectivity index (χ3v) is 4.23. The van der Waals surface area contributed by atoms with Crippen molar-refractivity contribution in [2.45, 2.75) is 39.2 Å². The van der Waals surface area contributed by atoms with E-state index in [4.69, 9.17) is 0 Å². The highest BCUT2D eigenvalue weighted by molar-refractivity contribution is 5.96. The molecule has 2 rings (SSSR count). The minimum Gasteiger partial charge on any atom is -0.324 e. The Morgan fingerprint density at radius 1 is 1.29 bits per heavy atom. The summed E-state index contributed by atoms with van der Waals surface area (Å²) in [5.74, 6) is 0.0998. The predicted molar refractivity (Wildman–Crippen MR) is 87.6 cm³/mol. The fraction of sp³-hybridized carbons (Fsp3) is 0.588. The molecule has 0 bridgehead atoms. The average molecular weight is 289 g/mol. The topological polar surface area (TPSA) is 44.4 Å². The van der Waals surface area contributed by atoms with Crippen LogP contribution in [0.15, 0.2) is 24.3 Å². The Morgan fingerprint density at radius 2 is 2.05 bits per heavy atom. The maximum atomic E-state index is 12.2. The summed E-state index contributed by atoms with van der Waals surface area (Å²) in [6, 6.07) is 8.00. The molecule has 0 aliphatic carbocycles. The molecular weight excluding hydrogens is 262 g/mol. The van der Waals surface area contributed by atoms with Gasteiger partial charge in [0.2, 0.25) is 5.91 Å². The number of amides is 1. The predicted octanol–water partition coefficient (Wildman–Crippen LogP) is 2.26. The fourth-order valence-electron chi connectivity index (χ4n) is 2.82. The smallest absolute Gasteiger partial charge is 0.241 e. The third-order valence-electron chi connectivity index (χ3n) is 4.23. The van der Waals surface area contributed by atoms with Gasteiger partial charge in [-0.15, -0.1) is 0 Å². The van der Waals surface area contributed by atoms with E-state index in [1.54, 1.807) is 0 Å². The molecule has 1 aliphatic rings. The molecule has 0 aromatic heterocycles. The molecule has 1 amide bonds. The Labute approximate surface area is 127 Å². The summed E-state index contributed by atoms with van der Waals surface area (Å²) in [4.78, 5) is 14.6. The van der Waals surface area contributed by atoms with Crippen LogP contribution in [0.2, 0.25) is 0 Å². The maximum Gasteiger partial charge on any atom is 0.241 e. The molecule has 1 heterocycles. The Hall–Kier alpha value is -1.39. The molecule has 2 N–H and O–H groups in total. The number of rotatable bonds is 7. The lowest BCUT2D eigenvalue weighted by Crippen LogP contribution is -2.41. The first kappa shape index (κ1) is 16.0. The van der Waals surface area contributed by atoms with E-state index in [0.717, 1.165) is 51.1 Å². The van der Waals surface area contributed by atoms with Crippen LogP contribution in [-0.4, -0.2) is 43.0 Å². The molecule has 1 aliphatic heterocycles. The van der Waals surface area contributed by atoms with Gasteiger partial charge < -0.3 is 15.5 Å². The molecule has 0 fully saturated rings. The SMILES string of the molecule is CCN(CC)CCCNC1CCc2ccccc2NC1=O. The zero-order valence-corrected chi connectivity index (χ0v) is 13.2. The van der Waals surface area contributed by atoms with Crippen LogP contribution in [0.3, 0.4) is 0 Å². The second kappa shape index (κ2) is 8.15. The minimum absolute atomic E-state index is 0.0749. The molecule has 116 valence electrons. The highest BCUT2D eigenvalue weighted by Crippen LogP contribution is 2.21. The summed E-state index contributed by atoms with van der Waals surface area (Å²) in [7, 11) is 0. The number of nitrogens with one attached hydrogen (secondary N) is 2. The second-order valence-corrected chi connectivity index (χ2v) is 5.57. The Bertz CT molecular complexity index is 457. The molecule has 1 aromatic rings. The van der Waals surface area contributed by atoms with Crippen molar-refractivity contribution in [1.29, 1.82) is 0 Å². The lowest BCUT2D eigenvalue weighted by molar-refractivity contribution is -0.118. The van der Waals surface area contributed by atoms with Crippen molar-refractivity contribution < 1.29 is 4.79 Å². The van der Waals surface area contributed by atoms with Gasteiger partial charge in [0.05, 0.1) is 6.04 Å². The standard InChI is InChI=1S/C17H27N3O/c1-3-20(4-2)13-7-12-18-16-11-10-14-8-5-6-9-15(14)19-17(16)21/h5-6,8-9,16,18H,3-4,7,10-13H2,1-2H3,(H,19,21). The Morgan fingerprint density at radius 3 is 2.81 bits per heavy atom.